The average Bonchev–Trinajstić information content (AvgIpc) is 3.49. The maximum Gasteiger partial charge on any atom is 0.429 e. The highest BCUT2D eigenvalue weighted by atomic mass is 19.4. The van der Waals surface area contributed by atoms with Gasteiger partial charge in [-0.25, -0.2) is 9.37 Å². The number of nitrogens with zero attached hydrogens (tertiary/aromatic N) is 2. The first-order valence-electron chi connectivity index (χ1n) is 11.6. The molecule has 1 aliphatic rings. The molecule has 3 unspecified atom stereocenters. The van der Waals surface area contributed by atoms with Gasteiger partial charge < -0.3 is 16.2 Å². The van der Waals surface area contributed by atoms with Gasteiger partial charge >= 0.3 is 6.18 Å². The molecule has 37 heavy (non-hydrogen) atoms. The molecule has 0 bridgehead atoms. The van der Waals surface area contributed by atoms with Crippen LogP contribution in [0.5, 0.6) is 5.88 Å². The first-order chi connectivity index (χ1) is 17.5. The monoisotopic (exact) mass is 508 g/mol. The van der Waals surface area contributed by atoms with E-state index in [0.29, 0.717) is 22.4 Å². The Morgan fingerprint density at radius 3 is 2.16 bits per heavy atom. The predicted molar refractivity (Wildman–Crippen MR) is 133 cm³/mol. The molecule has 0 radical (unpaired) electrons. The Morgan fingerprint density at radius 1 is 0.919 bits per heavy atom. The maximum absolute atomic E-state index is 14.0. The fourth-order valence-corrected chi connectivity index (χ4v) is 4.38. The molecule has 1 aliphatic carbocycles. The lowest BCUT2D eigenvalue weighted by Crippen LogP contribution is -2.26. The minimum atomic E-state index is -4.74. The molecule has 0 spiro atoms. The van der Waals surface area contributed by atoms with Gasteiger partial charge in [0.05, 0.1) is 5.69 Å². The molecule has 5 nitrogen and oxygen atoms in total. The summed E-state index contributed by atoms with van der Waals surface area (Å²) in [6, 6.07) is 20.2. The van der Waals surface area contributed by atoms with Crippen LogP contribution in [0.4, 0.5) is 23.5 Å². The van der Waals surface area contributed by atoms with Crippen LogP contribution in [-0.2, 0) is 0 Å². The summed E-state index contributed by atoms with van der Waals surface area (Å²) >= 11 is 0. The summed E-state index contributed by atoms with van der Waals surface area (Å²) in [6.07, 6.45) is -6.14. The van der Waals surface area contributed by atoms with Gasteiger partial charge in [-0.1, -0.05) is 60.7 Å². The average molecular weight is 509 g/mol. The van der Waals surface area contributed by atoms with E-state index >= 15 is 0 Å². The quantitative estimate of drug-likeness (QED) is 0.294. The van der Waals surface area contributed by atoms with E-state index in [0.717, 1.165) is 12.0 Å². The molecule has 190 valence electrons. The minimum absolute atomic E-state index is 0.134. The van der Waals surface area contributed by atoms with Crippen LogP contribution in [-0.4, -0.2) is 21.7 Å². The molecule has 3 atom stereocenters. The van der Waals surface area contributed by atoms with Crippen LogP contribution >= 0.6 is 0 Å². The SMILES string of the molecule is CC1(N)CC1c1ccc(-c2cc(OC(c3ccc(-c4cccc(F)c4)cc3)C(F)(F)F)nc(N)n2)cc1. The van der Waals surface area contributed by atoms with E-state index in [2.05, 4.69) is 9.97 Å². The van der Waals surface area contributed by atoms with Gasteiger partial charge in [-0.15, -0.1) is 0 Å². The minimum Gasteiger partial charge on any atom is -0.460 e. The fraction of sp³-hybridized carbons (Fsp3) is 0.214. The van der Waals surface area contributed by atoms with Gasteiger partial charge in [0.25, 0.3) is 0 Å². The van der Waals surface area contributed by atoms with Gasteiger partial charge in [0.15, 0.2) is 0 Å². The van der Waals surface area contributed by atoms with Crippen molar-refractivity contribution in [2.75, 3.05) is 5.73 Å². The van der Waals surface area contributed by atoms with Crippen molar-refractivity contribution in [1.29, 1.82) is 0 Å². The molecule has 0 aliphatic heterocycles. The third kappa shape index (κ3) is 5.41. The van der Waals surface area contributed by atoms with E-state index in [1.807, 2.05) is 31.2 Å². The molecule has 9 heteroatoms. The van der Waals surface area contributed by atoms with E-state index in [-0.39, 0.29) is 28.8 Å². The van der Waals surface area contributed by atoms with Crippen molar-refractivity contribution in [3.63, 3.8) is 0 Å². The second-order valence-electron chi connectivity index (χ2n) is 9.51. The molecule has 1 fully saturated rings. The van der Waals surface area contributed by atoms with Crippen LogP contribution in [0.2, 0.25) is 0 Å². The molecular weight excluding hydrogens is 484 g/mol. The third-order valence-corrected chi connectivity index (χ3v) is 6.52. The van der Waals surface area contributed by atoms with Crippen molar-refractivity contribution in [3.8, 4) is 28.3 Å². The Hall–Kier alpha value is -3.98. The van der Waals surface area contributed by atoms with Crippen LogP contribution in [0.1, 0.15) is 36.5 Å². The largest absolute Gasteiger partial charge is 0.460 e. The third-order valence-electron chi connectivity index (χ3n) is 6.52. The van der Waals surface area contributed by atoms with E-state index in [9.17, 15) is 17.6 Å². The molecule has 1 aromatic heterocycles. The number of benzene rings is 3. The normalized spacial score (nSPS) is 19.9. The van der Waals surface area contributed by atoms with Gasteiger partial charge in [-0.2, -0.15) is 18.2 Å². The Bertz CT molecular complexity index is 1420. The van der Waals surface area contributed by atoms with Crippen LogP contribution in [0.3, 0.4) is 0 Å². The highest BCUT2D eigenvalue weighted by Crippen LogP contribution is 2.49. The first kappa shape index (κ1) is 24.7. The molecule has 1 saturated carbocycles. The van der Waals surface area contributed by atoms with Crippen molar-refractivity contribution in [1.82, 2.24) is 9.97 Å². The van der Waals surface area contributed by atoms with Gasteiger partial charge in [-0.05, 0) is 42.2 Å². The number of hydrogen-bond acceptors (Lipinski definition) is 5. The topological polar surface area (TPSA) is 87.0 Å². The number of alkyl halides is 3. The molecule has 4 aromatic rings. The van der Waals surface area contributed by atoms with E-state index in [1.54, 1.807) is 6.07 Å². The summed E-state index contributed by atoms with van der Waals surface area (Å²) in [4.78, 5) is 8.04. The first-order valence-corrected chi connectivity index (χ1v) is 11.6. The van der Waals surface area contributed by atoms with Gasteiger partial charge in [0.1, 0.15) is 5.82 Å². The molecular formula is C28H24F4N4O. The van der Waals surface area contributed by atoms with Crippen molar-refractivity contribution >= 4 is 5.95 Å². The molecule has 5 rings (SSSR count). The van der Waals surface area contributed by atoms with Crippen molar-refractivity contribution in [3.05, 3.63) is 95.8 Å². The van der Waals surface area contributed by atoms with Crippen LogP contribution < -0.4 is 16.2 Å². The second-order valence-corrected chi connectivity index (χ2v) is 9.51. The number of aromatic nitrogens is 2. The van der Waals surface area contributed by atoms with Crippen molar-refractivity contribution in [2.24, 2.45) is 5.73 Å². The highest BCUT2D eigenvalue weighted by molar-refractivity contribution is 5.64. The molecule has 3 aromatic carbocycles. The van der Waals surface area contributed by atoms with Crippen LogP contribution in [0.15, 0.2) is 78.9 Å². The lowest BCUT2D eigenvalue weighted by molar-refractivity contribution is -0.198. The van der Waals surface area contributed by atoms with Gasteiger partial charge in [0, 0.05) is 28.7 Å². The van der Waals surface area contributed by atoms with Gasteiger partial charge in [-0.3, -0.25) is 0 Å². The lowest BCUT2D eigenvalue weighted by Gasteiger charge is -2.22. The summed E-state index contributed by atoms with van der Waals surface area (Å²) in [5, 5.41) is 0. The number of anilines is 1. The molecule has 0 amide bonds. The standard InChI is InChI=1S/C28H24F4N4O/c1-27(34)15-22(27)17-7-9-18(10-8-17)23-14-24(36-26(33)35-23)37-25(28(30,31)32)19-11-5-16(6-12-19)20-3-2-4-21(29)13-20/h2-14,22,25H,15,34H2,1H3,(H2,33,35,36). The Labute approximate surface area is 211 Å². The van der Waals surface area contributed by atoms with Crippen LogP contribution in [0, 0.1) is 5.82 Å². The number of ether oxygens (including phenoxy) is 1. The van der Waals surface area contributed by atoms with E-state index < -0.39 is 18.1 Å². The number of nitrogens with two attached hydrogens (primary N) is 2. The molecule has 0 saturated heterocycles. The number of rotatable bonds is 6. The van der Waals surface area contributed by atoms with E-state index in [1.165, 1.54) is 48.5 Å². The Balaban J connectivity index is 1.40. The summed E-state index contributed by atoms with van der Waals surface area (Å²) in [6.45, 7) is 1.99. The lowest BCUT2D eigenvalue weighted by atomic mass is 10.0. The number of halogens is 4. The Kier molecular flexibility index (Phi) is 6.11. The maximum atomic E-state index is 14.0. The predicted octanol–water partition coefficient (Wildman–Crippen LogP) is 6.42. The van der Waals surface area contributed by atoms with Gasteiger partial charge in [0.2, 0.25) is 17.9 Å². The summed E-state index contributed by atoms with van der Waals surface area (Å²) in [5.74, 6) is -0.679. The molecule has 1 heterocycles. The smallest absolute Gasteiger partial charge is 0.429 e. The zero-order valence-electron chi connectivity index (χ0n) is 19.8. The summed E-state index contributed by atoms with van der Waals surface area (Å²) in [5.41, 5.74) is 14.8. The van der Waals surface area contributed by atoms with Crippen molar-refractivity contribution in [2.45, 2.75) is 37.1 Å². The zero-order chi connectivity index (χ0) is 26.4. The highest BCUT2D eigenvalue weighted by Gasteiger charge is 2.47. The number of nitrogen functional groups attached to an aromatic ring is 1. The molecule has 4 N–H and O–H groups in total. The Morgan fingerprint density at radius 2 is 1.57 bits per heavy atom. The zero-order valence-corrected chi connectivity index (χ0v) is 19.8. The van der Waals surface area contributed by atoms with Crippen molar-refractivity contribution < 1.29 is 22.3 Å². The second kappa shape index (κ2) is 9.15. The number of hydrogen-bond donors (Lipinski definition) is 2. The summed E-state index contributed by atoms with van der Waals surface area (Å²) in [7, 11) is 0. The fourth-order valence-electron chi connectivity index (χ4n) is 4.38. The summed E-state index contributed by atoms with van der Waals surface area (Å²) < 4.78 is 60.9. The van der Waals surface area contributed by atoms with Crippen LogP contribution in [0.25, 0.3) is 22.4 Å². The van der Waals surface area contributed by atoms with E-state index in [4.69, 9.17) is 16.2 Å².